The van der Waals surface area contributed by atoms with Crippen molar-refractivity contribution in [2.24, 2.45) is 0 Å². The molecule has 8 heteroatoms. The van der Waals surface area contributed by atoms with Crippen molar-refractivity contribution < 1.29 is 9.53 Å². The Morgan fingerprint density at radius 3 is 2.62 bits per heavy atom. The number of Topliss-reactive ketones (excluding diaryl/α,β-unsaturated/α-hetero) is 1. The van der Waals surface area contributed by atoms with Crippen LogP contribution in [0, 0.1) is 0 Å². The van der Waals surface area contributed by atoms with E-state index < -0.39 is 5.69 Å². The quantitative estimate of drug-likeness (QED) is 0.412. The van der Waals surface area contributed by atoms with Crippen LogP contribution in [0.2, 0.25) is 5.02 Å². The minimum absolute atomic E-state index is 0.165. The van der Waals surface area contributed by atoms with Gasteiger partial charge in [0.1, 0.15) is 10.6 Å². The van der Waals surface area contributed by atoms with E-state index in [0.29, 0.717) is 32.2 Å². The molecular weight excluding hydrogens is 448 g/mol. The average Bonchev–Trinajstić information content (AvgIpc) is 3.38. The number of carbonyl (C=O) groups excluding carboxylic acids is 1. The van der Waals surface area contributed by atoms with E-state index >= 15 is 0 Å². The van der Waals surface area contributed by atoms with Gasteiger partial charge in [0.25, 0.3) is 5.56 Å². The minimum Gasteiger partial charge on any atom is -0.497 e. The molecule has 0 unspecified atom stereocenters. The van der Waals surface area contributed by atoms with E-state index in [-0.39, 0.29) is 17.9 Å². The molecule has 1 aliphatic carbocycles. The van der Waals surface area contributed by atoms with Gasteiger partial charge in [-0.05, 0) is 67.3 Å². The molecule has 32 heavy (non-hydrogen) atoms. The molecule has 0 N–H and O–H groups in total. The number of aryl methyl sites for hydroxylation is 2. The second-order valence-corrected chi connectivity index (χ2v) is 9.20. The van der Waals surface area contributed by atoms with Crippen LogP contribution in [0.4, 0.5) is 0 Å². The van der Waals surface area contributed by atoms with Crippen molar-refractivity contribution in [1.82, 2.24) is 9.13 Å². The molecule has 0 radical (unpaired) electrons. The highest BCUT2D eigenvalue weighted by Crippen LogP contribution is 2.35. The van der Waals surface area contributed by atoms with Crippen molar-refractivity contribution in [1.29, 1.82) is 0 Å². The monoisotopic (exact) mass is 466 g/mol. The van der Waals surface area contributed by atoms with Crippen LogP contribution in [0.1, 0.15) is 27.2 Å². The third-order valence-corrected chi connectivity index (χ3v) is 7.32. The van der Waals surface area contributed by atoms with Crippen molar-refractivity contribution in [3.05, 3.63) is 90.4 Å². The van der Waals surface area contributed by atoms with Crippen LogP contribution in [0.3, 0.4) is 0 Å². The Morgan fingerprint density at radius 1 is 1.12 bits per heavy atom. The predicted octanol–water partition coefficient (Wildman–Crippen LogP) is 4.25. The number of fused-ring (bicyclic) bond motifs is 3. The van der Waals surface area contributed by atoms with E-state index in [2.05, 4.69) is 0 Å². The van der Waals surface area contributed by atoms with Gasteiger partial charge >= 0.3 is 5.69 Å². The maximum absolute atomic E-state index is 13.5. The summed E-state index contributed by atoms with van der Waals surface area (Å²) in [5.74, 6) is 0.422. The van der Waals surface area contributed by atoms with Crippen LogP contribution >= 0.6 is 22.9 Å². The summed E-state index contributed by atoms with van der Waals surface area (Å²) >= 11 is 7.58. The number of benzene rings is 2. The predicted molar refractivity (Wildman–Crippen MR) is 126 cm³/mol. The standard InChI is InChI=1S/C24H19ClN2O4S/c1-31-17-10-8-14(9-11-17)19(28)13-26-23-21(18-6-3-7-20(18)32-23)22(29)27(24(26)30)16-5-2-4-15(25)12-16/h2,4-5,8-12H,3,6-7,13H2,1H3. The van der Waals surface area contributed by atoms with Gasteiger partial charge in [0.05, 0.1) is 24.7 Å². The van der Waals surface area contributed by atoms with Crippen LogP contribution in [0.25, 0.3) is 15.9 Å². The number of ether oxygens (including phenoxy) is 1. The van der Waals surface area contributed by atoms with Gasteiger partial charge < -0.3 is 4.74 Å². The van der Waals surface area contributed by atoms with E-state index in [1.807, 2.05) is 0 Å². The molecule has 0 saturated carbocycles. The molecule has 0 spiro atoms. The van der Waals surface area contributed by atoms with E-state index in [4.69, 9.17) is 16.3 Å². The van der Waals surface area contributed by atoms with Crippen LogP contribution in [-0.2, 0) is 19.4 Å². The minimum atomic E-state index is -0.549. The maximum atomic E-state index is 13.5. The topological polar surface area (TPSA) is 70.3 Å². The Bertz CT molecular complexity index is 1480. The molecule has 5 rings (SSSR count). The number of halogens is 1. The molecule has 1 aliphatic rings. The Morgan fingerprint density at radius 2 is 1.91 bits per heavy atom. The van der Waals surface area contributed by atoms with Crippen LogP contribution in [-0.4, -0.2) is 22.0 Å². The number of hydrogen-bond donors (Lipinski definition) is 0. The van der Waals surface area contributed by atoms with Gasteiger partial charge in [-0.3, -0.25) is 14.2 Å². The number of ketones is 1. The first-order valence-electron chi connectivity index (χ1n) is 10.2. The van der Waals surface area contributed by atoms with E-state index in [0.717, 1.165) is 34.3 Å². The molecule has 0 saturated heterocycles. The number of carbonyl (C=O) groups is 1. The first-order valence-corrected chi connectivity index (χ1v) is 11.4. The largest absolute Gasteiger partial charge is 0.497 e. The summed E-state index contributed by atoms with van der Waals surface area (Å²) in [5.41, 5.74) is 0.941. The Balaban J connectivity index is 1.72. The molecule has 0 fully saturated rings. The van der Waals surface area contributed by atoms with Gasteiger partial charge in [-0.2, -0.15) is 0 Å². The summed E-state index contributed by atoms with van der Waals surface area (Å²) in [6.45, 7) is -0.165. The molecule has 0 bridgehead atoms. The SMILES string of the molecule is COc1ccc(C(=O)Cn2c(=O)n(-c3cccc(Cl)c3)c(=O)c3c4c(sc32)CCC4)cc1. The van der Waals surface area contributed by atoms with Crippen molar-refractivity contribution in [2.45, 2.75) is 25.8 Å². The second-order valence-electron chi connectivity index (χ2n) is 7.68. The van der Waals surface area contributed by atoms with Gasteiger partial charge in [-0.1, -0.05) is 17.7 Å². The maximum Gasteiger partial charge on any atom is 0.337 e. The van der Waals surface area contributed by atoms with Crippen molar-refractivity contribution in [3.8, 4) is 11.4 Å². The lowest BCUT2D eigenvalue weighted by atomic mass is 10.1. The zero-order chi connectivity index (χ0) is 22.4. The molecule has 162 valence electrons. The lowest BCUT2D eigenvalue weighted by Crippen LogP contribution is -2.39. The third-order valence-electron chi connectivity index (χ3n) is 5.77. The number of thiophene rings is 1. The Labute approximate surface area is 192 Å². The lowest BCUT2D eigenvalue weighted by Gasteiger charge is -2.13. The summed E-state index contributed by atoms with van der Waals surface area (Å²) in [5, 5.41) is 0.954. The normalized spacial score (nSPS) is 12.8. The zero-order valence-electron chi connectivity index (χ0n) is 17.3. The van der Waals surface area contributed by atoms with Crippen molar-refractivity contribution >= 4 is 38.9 Å². The molecule has 2 heterocycles. The van der Waals surface area contributed by atoms with Gasteiger partial charge in [0, 0.05) is 15.5 Å². The molecule has 0 amide bonds. The van der Waals surface area contributed by atoms with Gasteiger partial charge in [-0.15, -0.1) is 11.3 Å². The first-order chi connectivity index (χ1) is 15.5. The van der Waals surface area contributed by atoms with Crippen LogP contribution in [0.15, 0.2) is 58.1 Å². The number of aromatic nitrogens is 2. The summed E-state index contributed by atoms with van der Waals surface area (Å²) in [6.07, 6.45) is 2.66. The summed E-state index contributed by atoms with van der Waals surface area (Å²) < 4.78 is 7.70. The molecule has 2 aromatic heterocycles. The van der Waals surface area contributed by atoms with E-state index in [1.165, 1.54) is 15.9 Å². The van der Waals surface area contributed by atoms with E-state index in [1.54, 1.807) is 55.6 Å². The number of rotatable bonds is 5. The second kappa shape index (κ2) is 8.07. The van der Waals surface area contributed by atoms with Gasteiger partial charge in [0.15, 0.2) is 5.78 Å². The molecule has 6 nitrogen and oxygen atoms in total. The molecule has 4 aromatic rings. The van der Waals surface area contributed by atoms with Crippen molar-refractivity contribution in [3.63, 3.8) is 0 Å². The highest BCUT2D eigenvalue weighted by atomic mass is 35.5. The number of methoxy groups -OCH3 is 1. The fourth-order valence-electron chi connectivity index (χ4n) is 4.20. The summed E-state index contributed by atoms with van der Waals surface area (Å²) in [7, 11) is 1.56. The lowest BCUT2D eigenvalue weighted by molar-refractivity contribution is 0.0971. The summed E-state index contributed by atoms with van der Waals surface area (Å²) in [4.78, 5) is 41.7. The zero-order valence-corrected chi connectivity index (χ0v) is 18.8. The van der Waals surface area contributed by atoms with Crippen molar-refractivity contribution in [2.75, 3.05) is 7.11 Å². The molecule has 0 atom stereocenters. The van der Waals surface area contributed by atoms with Crippen LogP contribution in [0.5, 0.6) is 5.75 Å². The van der Waals surface area contributed by atoms with Gasteiger partial charge in [-0.25, -0.2) is 9.36 Å². The Kier molecular flexibility index (Phi) is 5.23. The van der Waals surface area contributed by atoms with Gasteiger partial charge in [0.2, 0.25) is 0 Å². The average molecular weight is 467 g/mol. The smallest absolute Gasteiger partial charge is 0.337 e. The summed E-state index contributed by atoms with van der Waals surface area (Å²) in [6, 6.07) is 13.4. The number of hydrogen-bond acceptors (Lipinski definition) is 5. The third kappa shape index (κ3) is 3.38. The molecule has 0 aliphatic heterocycles. The highest BCUT2D eigenvalue weighted by Gasteiger charge is 2.26. The van der Waals surface area contributed by atoms with Crippen LogP contribution < -0.4 is 16.0 Å². The highest BCUT2D eigenvalue weighted by molar-refractivity contribution is 7.19. The first kappa shape index (κ1) is 20.7. The van der Waals surface area contributed by atoms with E-state index in [9.17, 15) is 14.4 Å². The number of nitrogens with zero attached hydrogens (tertiary/aromatic N) is 2. The fourth-order valence-corrected chi connectivity index (χ4v) is 5.76. The molecular formula is C24H19ClN2O4S. The Hall–Kier alpha value is -3.16. The fraction of sp³-hybridized carbons (Fsp3) is 0.208. The molecule has 2 aromatic carbocycles.